The van der Waals surface area contributed by atoms with E-state index in [-0.39, 0.29) is 31.3 Å². The Hall–Kier alpha value is -2.91. The number of aliphatic hydroxyl groups is 1. The molecule has 0 saturated heterocycles. The molecule has 1 heterocycles. The van der Waals surface area contributed by atoms with Crippen LogP contribution in [0.15, 0.2) is 65.1 Å². The number of ketones is 1. The minimum absolute atomic E-state index is 0.143. The summed E-state index contributed by atoms with van der Waals surface area (Å²) in [5.74, 6) is 0.335. The first kappa shape index (κ1) is 29.1. The summed E-state index contributed by atoms with van der Waals surface area (Å²) in [4.78, 5) is 29.1. The molecule has 0 unspecified atom stereocenters. The molecular formula is C30H31BrClNO6. The first-order valence-electron chi connectivity index (χ1n) is 12.5. The summed E-state index contributed by atoms with van der Waals surface area (Å²) in [6.45, 7) is 3.79. The van der Waals surface area contributed by atoms with Gasteiger partial charge in [0.15, 0.2) is 17.3 Å². The second kappa shape index (κ2) is 12.1. The Bertz CT molecular complexity index is 1360. The lowest BCUT2D eigenvalue weighted by molar-refractivity contribution is -0.132. The van der Waals surface area contributed by atoms with Gasteiger partial charge in [-0.2, -0.15) is 0 Å². The zero-order chi connectivity index (χ0) is 28.3. The number of hydrogen-bond acceptors (Lipinski definition) is 6. The molecule has 3 aromatic rings. The van der Waals surface area contributed by atoms with Crippen molar-refractivity contribution in [2.45, 2.75) is 32.5 Å². The number of carbonyl (C=O) groups excluding carboxylic acids is 2. The number of hydrogen-bond donors (Lipinski definition) is 1. The van der Waals surface area contributed by atoms with Gasteiger partial charge in [-0.15, -0.1) is 0 Å². The summed E-state index contributed by atoms with van der Waals surface area (Å²) in [6, 6.07) is 17.6. The van der Waals surface area contributed by atoms with E-state index in [0.717, 1.165) is 4.47 Å². The standard InChI is InChI=1S/C30H31BrClNO6/c1-30(2,17-34)16-33-23-13-12-20(32)14-22(23)27(21-6-5-7-25(37-3)28(21)38-4)39-26(29(33)36)15-24(35)18-8-10-19(31)11-9-18/h5-14,26-27,34H,15-17H2,1-4H3/t26-,27-/m1/s1. The van der Waals surface area contributed by atoms with Crippen LogP contribution in [0.1, 0.15) is 47.9 Å². The summed E-state index contributed by atoms with van der Waals surface area (Å²) in [6.07, 6.45) is -2.11. The number of anilines is 1. The van der Waals surface area contributed by atoms with E-state index in [0.29, 0.717) is 38.9 Å². The first-order chi connectivity index (χ1) is 18.6. The number of para-hydroxylation sites is 1. The Balaban J connectivity index is 1.88. The molecule has 3 aromatic carbocycles. The molecule has 1 amide bonds. The minimum atomic E-state index is -1.12. The molecule has 1 aliphatic heterocycles. The maximum Gasteiger partial charge on any atom is 0.256 e. The Labute approximate surface area is 241 Å². The van der Waals surface area contributed by atoms with Crippen molar-refractivity contribution in [3.63, 3.8) is 0 Å². The van der Waals surface area contributed by atoms with Crippen LogP contribution in [0.4, 0.5) is 5.69 Å². The quantitative estimate of drug-likeness (QED) is 0.287. The SMILES string of the molecule is COc1cccc([C@H]2O[C@H](CC(=O)c3ccc(Br)cc3)C(=O)N(CC(C)(C)CO)c3ccc(Cl)cc32)c1OC. The van der Waals surface area contributed by atoms with Crippen molar-refractivity contribution in [2.75, 3.05) is 32.3 Å². The van der Waals surface area contributed by atoms with Crippen LogP contribution in [0.2, 0.25) is 5.02 Å². The molecule has 9 heteroatoms. The molecule has 0 spiro atoms. The van der Waals surface area contributed by atoms with Gasteiger partial charge >= 0.3 is 0 Å². The van der Waals surface area contributed by atoms with Gasteiger partial charge in [0, 0.05) is 56.9 Å². The van der Waals surface area contributed by atoms with Gasteiger partial charge in [0.05, 0.1) is 14.2 Å². The molecule has 0 aromatic heterocycles. The van der Waals surface area contributed by atoms with E-state index in [1.165, 1.54) is 7.11 Å². The van der Waals surface area contributed by atoms with Crippen molar-refractivity contribution in [1.29, 1.82) is 0 Å². The largest absolute Gasteiger partial charge is 0.493 e. The van der Waals surface area contributed by atoms with Gasteiger partial charge in [-0.1, -0.05) is 65.6 Å². The molecule has 206 valence electrons. The Morgan fingerprint density at radius 1 is 1.08 bits per heavy atom. The molecule has 2 atom stereocenters. The highest BCUT2D eigenvalue weighted by molar-refractivity contribution is 9.10. The Morgan fingerprint density at radius 3 is 2.44 bits per heavy atom. The number of amides is 1. The number of nitrogens with zero attached hydrogens (tertiary/aromatic N) is 1. The minimum Gasteiger partial charge on any atom is -0.493 e. The average molecular weight is 617 g/mol. The molecule has 0 fully saturated rings. The molecule has 0 aliphatic carbocycles. The zero-order valence-corrected chi connectivity index (χ0v) is 24.6. The molecule has 0 bridgehead atoms. The highest BCUT2D eigenvalue weighted by atomic mass is 79.9. The van der Waals surface area contributed by atoms with Crippen molar-refractivity contribution < 1.29 is 28.9 Å². The van der Waals surface area contributed by atoms with Crippen LogP contribution in [0.5, 0.6) is 11.5 Å². The Kier molecular flexibility index (Phi) is 9.01. The molecular weight excluding hydrogens is 586 g/mol. The second-order valence-corrected chi connectivity index (χ2v) is 11.5. The third kappa shape index (κ3) is 6.30. The van der Waals surface area contributed by atoms with Crippen LogP contribution in [0, 0.1) is 5.41 Å². The fraction of sp³-hybridized carbons (Fsp3) is 0.333. The average Bonchev–Trinajstić information content (AvgIpc) is 3.03. The second-order valence-electron chi connectivity index (χ2n) is 10.2. The van der Waals surface area contributed by atoms with Gasteiger partial charge in [-0.25, -0.2) is 0 Å². The lowest BCUT2D eigenvalue weighted by Crippen LogP contribution is -2.45. The van der Waals surface area contributed by atoms with Gasteiger partial charge in [-0.3, -0.25) is 9.59 Å². The zero-order valence-electron chi connectivity index (χ0n) is 22.2. The van der Waals surface area contributed by atoms with Crippen LogP contribution >= 0.6 is 27.5 Å². The summed E-state index contributed by atoms with van der Waals surface area (Å²) in [7, 11) is 3.08. The van der Waals surface area contributed by atoms with Gasteiger partial charge in [-0.05, 0) is 36.4 Å². The first-order valence-corrected chi connectivity index (χ1v) is 13.6. The summed E-state index contributed by atoms with van der Waals surface area (Å²) in [5.41, 5.74) is 1.68. The van der Waals surface area contributed by atoms with Crippen LogP contribution in [0.3, 0.4) is 0 Å². The maximum atomic E-state index is 14.1. The summed E-state index contributed by atoms with van der Waals surface area (Å²) in [5, 5.41) is 10.5. The van der Waals surface area contributed by atoms with E-state index < -0.39 is 17.6 Å². The molecule has 1 N–H and O–H groups in total. The number of methoxy groups -OCH3 is 2. The smallest absolute Gasteiger partial charge is 0.256 e. The normalized spacial score (nSPS) is 17.4. The van der Waals surface area contributed by atoms with Crippen LogP contribution in [0.25, 0.3) is 0 Å². The third-order valence-electron chi connectivity index (χ3n) is 6.67. The fourth-order valence-electron chi connectivity index (χ4n) is 4.63. The van der Waals surface area contributed by atoms with Crippen LogP contribution in [-0.4, -0.2) is 50.3 Å². The maximum absolute atomic E-state index is 14.1. The topological polar surface area (TPSA) is 85.3 Å². The van der Waals surface area contributed by atoms with Crippen molar-refractivity contribution in [2.24, 2.45) is 5.41 Å². The predicted octanol–water partition coefficient (Wildman–Crippen LogP) is 6.23. The summed E-state index contributed by atoms with van der Waals surface area (Å²) < 4.78 is 18.6. The van der Waals surface area contributed by atoms with Crippen LogP contribution < -0.4 is 14.4 Å². The number of Topliss-reactive ketones (excluding diaryl/α,β-unsaturated/α-hetero) is 1. The number of halogens is 2. The number of ether oxygens (including phenoxy) is 3. The molecule has 4 rings (SSSR count). The summed E-state index contributed by atoms with van der Waals surface area (Å²) >= 11 is 9.85. The van der Waals surface area contributed by atoms with E-state index in [4.69, 9.17) is 25.8 Å². The monoisotopic (exact) mass is 615 g/mol. The third-order valence-corrected chi connectivity index (χ3v) is 7.44. The molecule has 7 nitrogen and oxygen atoms in total. The number of rotatable bonds is 9. The number of aliphatic hydroxyl groups excluding tert-OH is 1. The van der Waals surface area contributed by atoms with Gasteiger partial charge in [0.1, 0.15) is 12.2 Å². The predicted molar refractivity (Wildman–Crippen MR) is 154 cm³/mol. The van der Waals surface area contributed by atoms with Gasteiger partial charge < -0.3 is 24.2 Å². The van der Waals surface area contributed by atoms with Gasteiger partial charge in [0.25, 0.3) is 5.91 Å². The van der Waals surface area contributed by atoms with E-state index in [9.17, 15) is 14.7 Å². The Morgan fingerprint density at radius 2 is 1.79 bits per heavy atom. The lowest BCUT2D eigenvalue weighted by Gasteiger charge is -2.32. The molecule has 0 radical (unpaired) electrons. The van der Waals surface area contributed by atoms with Crippen LogP contribution in [-0.2, 0) is 9.53 Å². The van der Waals surface area contributed by atoms with E-state index >= 15 is 0 Å². The highest BCUT2D eigenvalue weighted by Crippen LogP contribution is 2.45. The highest BCUT2D eigenvalue weighted by Gasteiger charge is 2.40. The van der Waals surface area contributed by atoms with Crippen molar-refractivity contribution in [3.8, 4) is 11.5 Å². The van der Waals surface area contributed by atoms with Crippen molar-refractivity contribution in [1.82, 2.24) is 0 Å². The van der Waals surface area contributed by atoms with E-state index in [1.54, 1.807) is 60.5 Å². The van der Waals surface area contributed by atoms with Gasteiger partial charge in [0.2, 0.25) is 0 Å². The fourth-order valence-corrected chi connectivity index (χ4v) is 5.07. The van der Waals surface area contributed by atoms with E-state index in [2.05, 4.69) is 15.9 Å². The molecule has 39 heavy (non-hydrogen) atoms. The molecule has 0 saturated carbocycles. The van der Waals surface area contributed by atoms with Crippen molar-refractivity contribution in [3.05, 3.63) is 86.8 Å². The number of carbonyl (C=O) groups is 2. The van der Waals surface area contributed by atoms with Crippen molar-refractivity contribution >= 4 is 44.9 Å². The number of benzene rings is 3. The lowest BCUT2D eigenvalue weighted by atomic mass is 9.92. The molecule has 1 aliphatic rings. The number of fused-ring (bicyclic) bond motifs is 1. The van der Waals surface area contributed by atoms with E-state index in [1.807, 2.05) is 26.0 Å².